The van der Waals surface area contributed by atoms with Gasteiger partial charge in [-0.25, -0.2) is 0 Å². The molecule has 1 aromatic rings. The first kappa shape index (κ1) is 14.4. The Morgan fingerprint density at radius 1 is 1.21 bits per heavy atom. The second-order valence-electron chi connectivity index (χ2n) is 5.72. The number of hydrogen-bond donors (Lipinski definition) is 1. The highest BCUT2D eigenvalue weighted by Gasteiger charge is 2.22. The summed E-state index contributed by atoms with van der Waals surface area (Å²) in [7, 11) is 0. The van der Waals surface area contributed by atoms with Crippen LogP contribution < -0.4 is 10.1 Å². The Morgan fingerprint density at radius 3 is 2.53 bits per heavy atom. The lowest BCUT2D eigenvalue weighted by molar-refractivity contribution is 0.00715. The van der Waals surface area contributed by atoms with Crippen LogP contribution in [0.4, 0.5) is 0 Å². The van der Waals surface area contributed by atoms with Crippen LogP contribution in [0.2, 0.25) is 0 Å². The van der Waals surface area contributed by atoms with Gasteiger partial charge in [-0.15, -0.1) is 0 Å². The number of ether oxygens (including phenoxy) is 2. The van der Waals surface area contributed by atoms with Crippen LogP contribution in [0, 0.1) is 0 Å². The monoisotopic (exact) mass is 263 g/mol. The molecule has 0 bridgehead atoms. The molecule has 1 aromatic carbocycles. The number of rotatable bonds is 3. The molecular weight excluding hydrogens is 238 g/mol. The summed E-state index contributed by atoms with van der Waals surface area (Å²) in [5, 5.41) is 3.51. The molecule has 1 heterocycles. The topological polar surface area (TPSA) is 30.5 Å². The zero-order valence-corrected chi connectivity index (χ0v) is 12.3. The van der Waals surface area contributed by atoms with Crippen molar-refractivity contribution in [3.63, 3.8) is 0 Å². The quantitative estimate of drug-likeness (QED) is 0.907. The number of hydrogen-bond acceptors (Lipinski definition) is 3. The summed E-state index contributed by atoms with van der Waals surface area (Å²) in [5.74, 6) is 0.918. The molecule has 2 rings (SSSR count). The molecule has 1 fully saturated rings. The van der Waals surface area contributed by atoms with Crippen LogP contribution in [0.25, 0.3) is 0 Å². The van der Waals surface area contributed by atoms with Crippen molar-refractivity contribution in [3.05, 3.63) is 29.8 Å². The molecule has 1 saturated heterocycles. The molecular formula is C16H25NO2. The molecule has 0 aliphatic carbocycles. The lowest BCUT2D eigenvalue weighted by atomic mass is 10.1. The van der Waals surface area contributed by atoms with Crippen molar-refractivity contribution in [2.45, 2.75) is 58.5 Å². The third-order valence-electron chi connectivity index (χ3n) is 3.36. The largest absolute Gasteiger partial charge is 0.491 e. The van der Waals surface area contributed by atoms with Crippen molar-refractivity contribution < 1.29 is 9.47 Å². The molecule has 1 aliphatic heterocycles. The average molecular weight is 263 g/mol. The minimum atomic E-state index is 0.132. The maximum atomic E-state index is 6.09. The zero-order valence-electron chi connectivity index (χ0n) is 12.3. The van der Waals surface area contributed by atoms with Crippen LogP contribution in [0.5, 0.6) is 5.75 Å². The molecule has 19 heavy (non-hydrogen) atoms. The Hall–Kier alpha value is -1.06. The molecule has 0 aromatic heterocycles. The maximum absolute atomic E-state index is 6.09. The fraction of sp³-hybridized carbons (Fsp3) is 0.625. The van der Waals surface area contributed by atoms with Crippen LogP contribution in [-0.2, 0) is 4.74 Å². The second kappa shape index (κ2) is 6.40. The highest BCUT2D eigenvalue weighted by Crippen LogP contribution is 2.25. The first-order chi connectivity index (χ1) is 9.04. The highest BCUT2D eigenvalue weighted by atomic mass is 16.5. The predicted octanol–water partition coefficient (Wildman–Crippen LogP) is 3.30. The Labute approximate surface area is 116 Å². The summed E-state index contributed by atoms with van der Waals surface area (Å²) in [6.45, 7) is 9.30. The lowest BCUT2D eigenvalue weighted by Gasteiger charge is -2.19. The second-order valence-corrected chi connectivity index (χ2v) is 5.72. The van der Waals surface area contributed by atoms with Gasteiger partial charge in [0.2, 0.25) is 0 Å². The third kappa shape index (κ3) is 4.22. The smallest absolute Gasteiger partial charge is 0.119 e. The minimum Gasteiger partial charge on any atom is -0.491 e. The van der Waals surface area contributed by atoms with Gasteiger partial charge < -0.3 is 14.8 Å². The molecule has 3 nitrogen and oxygen atoms in total. The fourth-order valence-corrected chi connectivity index (χ4v) is 2.50. The molecule has 106 valence electrons. The van der Waals surface area contributed by atoms with E-state index in [2.05, 4.69) is 31.3 Å². The minimum absolute atomic E-state index is 0.132. The van der Waals surface area contributed by atoms with Gasteiger partial charge in [0, 0.05) is 12.6 Å². The fourth-order valence-electron chi connectivity index (χ4n) is 2.50. The van der Waals surface area contributed by atoms with Crippen molar-refractivity contribution in [2.75, 3.05) is 6.54 Å². The van der Waals surface area contributed by atoms with E-state index in [4.69, 9.17) is 9.47 Å². The van der Waals surface area contributed by atoms with Gasteiger partial charge in [-0.1, -0.05) is 12.1 Å². The van der Waals surface area contributed by atoms with Crippen molar-refractivity contribution in [1.82, 2.24) is 5.32 Å². The van der Waals surface area contributed by atoms with Crippen molar-refractivity contribution >= 4 is 0 Å². The molecule has 1 N–H and O–H groups in total. The van der Waals surface area contributed by atoms with Crippen LogP contribution in [0.15, 0.2) is 24.3 Å². The molecule has 0 saturated carbocycles. The van der Waals surface area contributed by atoms with E-state index in [1.807, 2.05) is 26.0 Å². The Balaban J connectivity index is 2.04. The van der Waals surface area contributed by atoms with E-state index in [0.29, 0.717) is 12.1 Å². The highest BCUT2D eigenvalue weighted by molar-refractivity contribution is 5.29. The Kier molecular flexibility index (Phi) is 4.83. The van der Waals surface area contributed by atoms with E-state index in [-0.39, 0.29) is 12.2 Å². The molecule has 3 unspecified atom stereocenters. The van der Waals surface area contributed by atoms with Crippen LogP contribution in [0.1, 0.15) is 45.8 Å². The molecule has 0 radical (unpaired) electrons. The zero-order chi connectivity index (χ0) is 13.8. The summed E-state index contributed by atoms with van der Waals surface area (Å²) in [5.41, 5.74) is 1.21. The molecule has 3 atom stereocenters. The average Bonchev–Trinajstić information content (AvgIpc) is 2.50. The van der Waals surface area contributed by atoms with Gasteiger partial charge >= 0.3 is 0 Å². The van der Waals surface area contributed by atoms with Crippen LogP contribution in [0.3, 0.4) is 0 Å². The van der Waals surface area contributed by atoms with E-state index in [1.54, 1.807) is 0 Å². The normalized spacial score (nSPS) is 28.2. The van der Waals surface area contributed by atoms with E-state index in [1.165, 1.54) is 5.56 Å². The van der Waals surface area contributed by atoms with Gasteiger partial charge in [0.05, 0.1) is 18.3 Å². The van der Waals surface area contributed by atoms with Gasteiger partial charge in [0.1, 0.15) is 5.75 Å². The van der Waals surface area contributed by atoms with Gasteiger partial charge in [0.25, 0.3) is 0 Å². The van der Waals surface area contributed by atoms with Crippen LogP contribution >= 0.6 is 0 Å². The Bertz CT molecular complexity index is 388. The first-order valence-corrected chi connectivity index (χ1v) is 7.20. The van der Waals surface area contributed by atoms with E-state index < -0.39 is 0 Å². The number of nitrogens with one attached hydrogen (secondary N) is 1. The standard InChI is InChI=1S/C16H25NO2/c1-11(2)18-15-7-5-14(6-8-15)16-10-17-12(3)9-13(4)19-16/h5-8,11-13,16-17H,9-10H2,1-4H3. The van der Waals surface area contributed by atoms with Crippen molar-refractivity contribution in [3.8, 4) is 5.75 Å². The molecule has 0 spiro atoms. The third-order valence-corrected chi connectivity index (χ3v) is 3.36. The Morgan fingerprint density at radius 2 is 1.89 bits per heavy atom. The van der Waals surface area contributed by atoms with Gasteiger partial charge in [-0.05, 0) is 51.8 Å². The van der Waals surface area contributed by atoms with Crippen molar-refractivity contribution in [1.29, 1.82) is 0 Å². The van der Waals surface area contributed by atoms with Gasteiger partial charge in [0.15, 0.2) is 0 Å². The SMILES string of the molecule is CC1CC(C)OC(c2ccc(OC(C)C)cc2)CN1. The van der Waals surface area contributed by atoms with Gasteiger partial charge in [-0.2, -0.15) is 0 Å². The summed E-state index contributed by atoms with van der Waals surface area (Å²) in [6, 6.07) is 8.78. The van der Waals surface area contributed by atoms with E-state index in [9.17, 15) is 0 Å². The lowest BCUT2D eigenvalue weighted by Crippen LogP contribution is -2.27. The summed E-state index contributed by atoms with van der Waals surface area (Å²) < 4.78 is 11.7. The van der Waals surface area contributed by atoms with Gasteiger partial charge in [-0.3, -0.25) is 0 Å². The predicted molar refractivity (Wildman–Crippen MR) is 77.6 cm³/mol. The maximum Gasteiger partial charge on any atom is 0.119 e. The molecule has 1 aliphatic rings. The summed E-state index contributed by atoms with van der Waals surface area (Å²) >= 11 is 0. The van der Waals surface area contributed by atoms with E-state index in [0.717, 1.165) is 18.7 Å². The summed E-state index contributed by atoms with van der Waals surface area (Å²) in [4.78, 5) is 0. The van der Waals surface area contributed by atoms with Crippen LogP contribution in [-0.4, -0.2) is 24.8 Å². The first-order valence-electron chi connectivity index (χ1n) is 7.20. The van der Waals surface area contributed by atoms with E-state index >= 15 is 0 Å². The molecule has 3 heteroatoms. The van der Waals surface area contributed by atoms with Crippen molar-refractivity contribution in [2.24, 2.45) is 0 Å². The molecule has 0 amide bonds. The number of benzene rings is 1. The summed E-state index contributed by atoms with van der Waals surface area (Å²) in [6.07, 6.45) is 1.70.